The predicted octanol–water partition coefficient (Wildman–Crippen LogP) is 5.09. The first-order chi connectivity index (χ1) is 9.49. The summed E-state index contributed by atoms with van der Waals surface area (Å²) in [4.78, 5) is 2.07. The molecule has 0 saturated heterocycles. The molecule has 3 heteroatoms. The monoisotopic (exact) mass is 267 g/mol. The van der Waals surface area contributed by atoms with Crippen LogP contribution in [0.1, 0.15) is 16.7 Å². The van der Waals surface area contributed by atoms with E-state index in [1.807, 2.05) is 38.4 Å². The van der Waals surface area contributed by atoms with Crippen LogP contribution in [0.5, 0.6) is 0 Å². The van der Waals surface area contributed by atoms with Gasteiger partial charge in [0.05, 0.1) is 11.4 Å². The molecule has 0 fully saturated rings. The summed E-state index contributed by atoms with van der Waals surface area (Å²) in [6.45, 7) is 6.25. The van der Waals surface area contributed by atoms with E-state index < -0.39 is 0 Å². The third kappa shape index (κ3) is 3.05. The standard InChI is InChI=1S/C17H21N3/c1-12-6-7-13(2)17(14(12)3)19-18-15-8-10-16(11-9-15)20(4)5/h6-11H,1-5H3. The van der Waals surface area contributed by atoms with Gasteiger partial charge >= 0.3 is 0 Å². The zero-order valence-electron chi connectivity index (χ0n) is 12.8. The molecule has 0 amide bonds. The smallest absolute Gasteiger partial charge is 0.0917 e. The SMILES string of the molecule is Cc1ccc(C)c(N=Nc2ccc(N(C)C)cc2)c1C. The summed E-state index contributed by atoms with van der Waals surface area (Å²) in [6.07, 6.45) is 0. The number of hydrogen-bond acceptors (Lipinski definition) is 3. The highest BCUT2D eigenvalue weighted by Crippen LogP contribution is 2.28. The van der Waals surface area contributed by atoms with Crippen LogP contribution < -0.4 is 4.90 Å². The van der Waals surface area contributed by atoms with Gasteiger partial charge in [0.2, 0.25) is 0 Å². The largest absolute Gasteiger partial charge is 0.378 e. The van der Waals surface area contributed by atoms with Gasteiger partial charge in [-0.25, -0.2) is 0 Å². The van der Waals surface area contributed by atoms with E-state index in [4.69, 9.17) is 0 Å². The highest BCUT2D eigenvalue weighted by molar-refractivity contribution is 5.56. The average Bonchev–Trinajstić information content (AvgIpc) is 2.43. The molecule has 20 heavy (non-hydrogen) atoms. The Kier molecular flexibility index (Phi) is 4.18. The summed E-state index contributed by atoms with van der Waals surface area (Å²) in [7, 11) is 4.05. The Hall–Kier alpha value is -2.16. The van der Waals surface area contributed by atoms with Crippen LogP contribution in [-0.4, -0.2) is 14.1 Å². The molecule has 0 aromatic heterocycles. The van der Waals surface area contributed by atoms with Gasteiger partial charge < -0.3 is 4.90 Å². The van der Waals surface area contributed by atoms with Crippen LogP contribution in [-0.2, 0) is 0 Å². The lowest BCUT2D eigenvalue weighted by atomic mass is 10.0. The molecule has 3 nitrogen and oxygen atoms in total. The van der Waals surface area contributed by atoms with Gasteiger partial charge in [0, 0.05) is 19.8 Å². The summed E-state index contributed by atoms with van der Waals surface area (Å²) in [5.74, 6) is 0. The normalized spacial score (nSPS) is 11.1. The number of rotatable bonds is 3. The van der Waals surface area contributed by atoms with Crippen LogP contribution in [0, 0.1) is 20.8 Å². The maximum atomic E-state index is 4.42. The lowest BCUT2D eigenvalue weighted by Gasteiger charge is -2.11. The van der Waals surface area contributed by atoms with E-state index >= 15 is 0 Å². The van der Waals surface area contributed by atoms with Crippen molar-refractivity contribution in [1.82, 2.24) is 0 Å². The minimum atomic E-state index is 0.871. The maximum Gasteiger partial charge on any atom is 0.0917 e. The maximum absolute atomic E-state index is 4.42. The summed E-state index contributed by atoms with van der Waals surface area (Å²) in [6, 6.07) is 12.3. The average molecular weight is 267 g/mol. The topological polar surface area (TPSA) is 28.0 Å². The zero-order chi connectivity index (χ0) is 14.7. The summed E-state index contributed by atoms with van der Waals surface area (Å²) in [5.41, 5.74) is 6.59. The number of nitrogens with zero attached hydrogens (tertiary/aromatic N) is 3. The van der Waals surface area contributed by atoms with Crippen molar-refractivity contribution in [2.24, 2.45) is 10.2 Å². The van der Waals surface area contributed by atoms with Crippen LogP contribution >= 0.6 is 0 Å². The Morgan fingerprint density at radius 1 is 0.750 bits per heavy atom. The molecule has 0 aliphatic heterocycles. The van der Waals surface area contributed by atoms with Gasteiger partial charge in [-0.15, -0.1) is 5.11 Å². The van der Waals surface area contributed by atoms with Crippen LogP contribution in [0.15, 0.2) is 46.6 Å². The van der Waals surface area contributed by atoms with Crippen molar-refractivity contribution in [3.05, 3.63) is 53.1 Å². The number of benzene rings is 2. The van der Waals surface area contributed by atoms with E-state index in [2.05, 4.69) is 48.0 Å². The second-order valence-electron chi connectivity index (χ2n) is 5.28. The molecular formula is C17H21N3. The molecule has 0 radical (unpaired) electrons. The van der Waals surface area contributed by atoms with Crippen molar-refractivity contribution in [3.63, 3.8) is 0 Å². The van der Waals surface area contributed by atoms with Gasteiger partial charge in [-0.2, -0.15) is 5.11 Å². The Morgan fingerprint density at radius 2 is 1.35 bits per heavy atom. The van der Waals surface area contributed by atoms with E-state index in [1.54, 1.807) is 0 Å². The first-order valence-corrected chi connectivity index (χ1v) is 6.75. The third-order valence-corrected chi connectivity index (χ3v) is 3.54. The quantitative estimate of drug-likeness (QED) is 0.711. The Labute approximate surface area is 121 Å². The highest BCUT2D eigenvalue weighted by atomic mass is 15.1. The first kappa shape index (κ1) is 14.3. The number of aryl methyl sites for hydroxylation is 2. The van der Waals surface area contributed by atoms with Gasteiger partial charge in [-0.3, -0.25) is 0 Å². The second kappa shape index (κ2) is 5.87. The molecule has 0 unspecified atom stereocenters. The molecule has 0 saturated carbocycles. The van der Waals surface area contributed by atoms with E-state index in [-0.39, 0.29) is 0 Å². The van der Waals surface area contributed by atoms with Gasteiger partial charge in [0.1, 0.15) is 0 Å². The number of azo groups is 1. The molecule has 0 N–H and O–H groups in total. The molecule has 2 aromatic rings. The van der Waals surface area contributed by atoms with E-state index in [0.717, 1.165) is 22.6 Å². The molecule has 0 heterocycles. The zero-order valence-corrected chi connectivity index (χ0v) is 12.8. The van der Waals surface area contributed by atoms with Crippen LogP contribution in [0.25, 0.3) is 0 Å². The van der Waals surface area contributed by atoms with Gasteiger partial charge in [-0.1, -0.05) is 12.1 Å². The fourth-order valence-electron chi connectivity index (χ4n) is 2.02. The molecule has 0 aliphatic carbocycles. The van der Waals surface area contributed by atoms with Gasteiger partial charge in [0.25, 0.3) is 0 Å². The molecular weight excluding hydrogens is 246 g/mol. The second-order valence-corrected chi connectivity index (χ2v) is 5.28. The van der Waals surface area contributed by atoms with E-state index in [1.165, 1.54) is 11.1 Å². The Balaban J connectivity index is 2.28. The number of anilines is 1. The Morgan fingerprint density at radius 3 is 1.95 bits per heavy atom. The summed E-state index contributed by atoms with van der Waals surface area (Å²) < 4.78 is 0. The van der Waals surface area contributed by atoms with Crippen molar-refractivity contribution >= 4 is 17.1 Å². The van der Waals surface area contributed by atoms with Crippen molar-refractivity contribution < 1.29 is 0 Å². The van der Waals surface area contributed by atoms with Gasteiger partial charge in [-0.05, 0) is 61.7 Å². The van der Waals surface area contributed by atoms with Gasteiger partial charge in [0.15, 0.2) is 0 Å². The molecule has 0 bridgehead atoms. The van der Waals surface area contributed by atoms with Crippen molar-refractivity contribution in [1.29, 1.82) is 0 Å². The van der Waals surface area contributed by atoms with Crippen LogP contribution in [0.3, 0.4) is 0 Å². The fourth-order valence-corrected chi connectivity index (χ4v) is 2.02. The lowest BCUT2D eigenvalue weighted by Crippen LogP contribution is -2.07. The fraction of sp³-hybridized carbons (Fsp3) is 0.294. The number of hydrogen-bond donors (Lipinski definition) is 0. The van der Waals surface area contributed by atoms with Crippen molar-refractivity contribution in [2.45, 2.75) is 20.8 Å². The predicted molar refractivity (Wildman–Crippen MR) is 85.6 cm³/mol. The first-order valence-electron chi connectivity index (χ1n) is 6.75. The molecule has 2 aromatic carbocycles. The summed E-state index contributed by atoms with van der Waals surface area (Å²) >= 11 is 0. The molecule has 0 atom stereocenters. The Bertz CT molecular complexity index is 625. The van der Waals surface area contributed by atoms with Crippen LogP contribution in [0.2, 0.25) is 0 Å². The summed E-state index contributed by atoms with van der Waals surface area (Å²) in [5, 5.41) is 8.77. The van der Waals surface area contributed by atoms with E-state index in [9.17, 15) is 0 Å². The minimum Gasteiger partial charge on any atom is -0.378 e. The molecule has 104 valence electrons. The third-order valence-electron chi connectivity index (χ3n) is 3.54. The molecule has 0 spiro atoms. The minimum absolute atomic E-state index is 0.871. The van der Waals surface area contributed by atoms with E-state index in [0.29, 0.717) is 0 Å². The van der Waals surface area contributed by atoms with Crippen LogP contribution in [0.4, 0.5) is 17.1 Å². The lowest BCUT2D eigenvalue weighted by molar-refractivity contribution is 1.13. The molecule has 0 aliphatic rings. The van der Waals surface area contributed by atoms with Crippen molar-refractivity contribution in [3.8, 4) is 0 Å². The highest BCUT2D eigenvalue weighted by Gasteiger charge is 2.04. The van der Waals surface area contributed by atoms with Crippen molar-refractivity contribution in [2.75, 3.05) is 19.0 Å². The molecule has 2 rings (SSSR count).